The third-order valence-corrected chi connectivity index (χ3v) is 3.23. The van der Waals surface area contributed by atoms with Crippen molar-refractivity contribution >= 4 is 11.9 Å². The minimum Gasteiger partial charge on any atom is -0.369 e. The lowest BCUT2D eigenvalue weighted by atomic mass is 10.4. The predicted molar refractivity (Wildman–Crippen MR) is 63.1 cm³/mol. The van der Waals surface area contributed by atoms with Crippen LogP contribution in [0.3, 0.4) is 0 Å². The highest BCUT2D eigenvalue weighted by Crippen LogP contribution is 2.08. The second kappa shape index (κ2) is 5.30. The summed E-state index contributed by atoms with van der Waals surface area (Å²) in [7, 11) is 0. The number of carbonyl (C=O) groups excluding carboxylic acids is 1. The van der Waals surface area contributed by atoms with E-state index in [4.69, 9.17) is 5.73 Å². The van der Waals surface area contributed by atoms with Crippen molar-refractivity contribution in [1.29, 1.82) is 0 Å². The number of carbonyl (C=O) groups is 1. The smallest absolute Gasteiger partial charge is 0.263 e. The molecule has 2 saturated heterocycles. The van der Waals surface area contributed by atoms with E-state index in [1.807, 2.05) is 4.90 Å². The van der Waals surface area contributed by atoms with Crippen molar-refractivity contribution in [2.75, 3.05) is 32.7 Å². The molecular formula is C11H20N4O. The number of aliphatic imine (C=N–C) groups is 1. The lowest BCUT2D eigenvalue weighted by Gasteiger charge is -2.16. The van der Waals surface area contributed by atoms with Gasteiger partial charge in [0.15, 0.2) is 5.96 Å². The molecule has 2 N–H and O–H groups in total. The van der Waals surface area contributed by atoms with Crippen LogP contribution >= 0.6 is 0 Å². The number of likely N-dealkylation sites (tertiary alicyclic amines) is 2. The average molecular weight is 224 g/mol. The minimum atomic E-state index is -0.105. The van der Waals surface area contributed by atoms with Crippen LogP contribution in [0.5, 0.6) is 0 Å². The van der Waals surface area contributed by atoms with Crippen LogP contribution in [-0.2, 0) is 4.79 Å². The molecule has 2 aliphatic heterocycles. The first-order valence-corrected chi connectivity index (χ1v) is 6.10. The maximum atomic E-state index is 11.6. The van der Waals surface area contributed by atoms with E-state index in [2.05, 4.69) is 9.89 Å². The summed E-state index contributed by atoms with van der Waals surface area (Å²) >= 11 is 0. The summed E-state index contributed by atoms with van der Waals surface area (Å²) in [5.41, 5.74) is 5.79. The molecular weight excluding hydrogens is 204 g/mol. The van der Waals surface area contributed by atoms with Gasteiger partial charge in [-0.05, 0) is 38.8 Å². The van der Waals surface area contributed by atoms with Crippen LogP contribution in [0.25, 0.3) is 0 Å². The molecule has 2 fully saturated rings. The van der Waals surface area contributed by atoms with E-state index in [0.29, 0.717) is 12.5 Å². The van der Waals surface area contributed by atoms with Gasteiger partial charge in [-0.15, -0.1) is 0 Å². The van der Waals surface area contributed by atoms with E-state index < -0.39 is 0 Å². The molecule has 0 unspecified atom stereocenters. The second-order valence-corrected chi connectivity index (χ2v) is 4.54. The van der Waals surface area contributed by atoms with Gasteiger partial charge in [0.1, 0.15) is 0 Å². The van der Waals surface area contributed by atoms with Gasteiger partial charge in [-0.2, -0.15) is 4.99 Å². The number of nitrogens with zero attached hydrogens (tertiary/aromatic N) is 3. The van der Waals surface area contributed by atoms with E-state index >= 15 is 0 Å². The Labute approximate surface area is 96.3 Å². The van der Waals surface area contributed by atoms with E-state index in [9.17, 15) is 4.79 Å². The second-order valence-electron chi connectivity index (χ2n) is 4.54. The van der Waals surface area contributed by atoms with Crippen molar-refractivity contribution < 1.29 is 4.79 Å². The van der Waals surface area contributed by atoms with Gasteiger partial charge < -0.3 is 10.6 Å². The molecule has 0 aromatic carbocycles. The molecule has 0 atom stereocenters. The van der Waals surface area contributed by atoms with Gasteiger partial charge in [0, 0.05) is 13.1 Å². The fourth-order valence-corrected chi connectivity index (χ4v) is 2.31. The highest BCUT2D eigenvalue weighted by molar-refractivity contribution is 5.93. The number of hydrogen-bond acceptors (Lipinski definition) is 2. The quantitative estimate of drug-likeness (QED) is 0.530. The Balaban J connectivity index is 1.81. The van der Waals surface area contributed by atoms with Crippen LogP contribution in [0.1, 0.15) is 25.7 Å². The van der Waals surface area contributed by atoms with E-state index in [1.54, 1.807) is 0 Å². The normalized spacial score (nSPS) is 23.0. The first-order chi connectivity index (χ1) is 7.75. The molecule has 0 saturated carbocycles. The molecule has 5 nitrogen and oxygen atoms in total. The molecule has 0 radical (unpaired) electrons. The maximum absolute atomic E-state index is 11.6. The van der Waals surface area contributed by atoms with Gasteiger partial charge in [0.2, 0.25) is 0 Å². The van der Waals surface area contributed by atoms with Crippen LogP contribution in [0, 0.1) is 0 Å². The van der Waals surface area contributed by atoms with Crippen LogP contribution in [0.15, 0.2) is 4.99 Å². The number of guanidine groups is 1. The monoisotopic (exact) mass is 224 g/mol. The molecule has 90 valence electrons. The average Bonchev–Trinajstić information content (AvgIpc) is 2.88. The Morgan fingerprint density at radius 2 is 1.62 bits per heavy atom. The Bertz CT molecular complexity index is 278. The summed E-state index contributed by atoms with van der Waals surface area (Å²) in [4.78, 5) is 19.7. The van der Waals surface area contributed by atoms with Gasteiger partial charge in [-0.1, -0.05) is 0 Å². The molecule has 5 heteroatoms. The molecule has 0 aromatic rings. The van der Waals surface area contributed by atoms with Gasteiger partial charge in [0.25, 0.3) is 5.91 Å². The highest BCUT2D eigenvalue weighted by Gasteiger charge is 2.17. The molecule has 2 rings (SSSR count). The summed E-state index contributed by atoms with van der Waals surface area (Å²) in [5.74, 6) is 0.299. The standard InChI is InChI=1S/C11H20N4O/c12-11(15-7-3-4-8-15)13-10(16)9-14-5-1-2-6-14/h1-9H2,(H2,12,13,16). The highest BCUT2D eigenvalue weighted by atomic mass is 16.1. The summed E-state index contributed by atoms with van der Waals surface area (Å²) in [6.07, 6.45) is 4.68. The molecule has 2 heterocycles. The first-order valence-electron chi connectivity index (χ1n) is 6.10. The number of nitrogens with two attached hydrogens (primary N) is 1. The third kappa shape index (κ3) is 2.95. The van der Waals surface area contributed by atoms with Gasteiger partial charge in [0.05, 0.1) is 6.54 Å². The molecule has 0 aliphatic carbocycles. The Kier molecular flexibility index (Phi) is 3.77. The van der Waals surface area contributed by atoms with Crippen LogP contribution < -0.4 is 5.73 Å². The van der Waals surface area contributed by atoms with Crippen molar-refractivity contribution in [3.05, 3.63) is 0 Å². The summed E-state index contributed by atoms with van der Waals surface area (Å²) in [6, 6.07) is 0. The fourth-order valence-electron chi connectivity index (χ4n) is 2.31. The lowest BCUT2D eigenvalue weighted by Crippen LogP contribution is -2.36. The molecule has 16 heavy (non-hydrogen) atoms. The zero-order valence-corrected chi connectivity index (χ0v) is 9.69. The van der Waals surface area contributed by atoms with Crippen molar-refractivity contribution in [2.45, 2.75) is 25.7 Å². The summed E-state index contributed by atoms with van der Waals surface area (Å²) in [6.45, 7) is 4.34. The molecule has 0 aromatic heterocycles. The van der Waals surface area contributed by atoms with Crippen LogP contribution in [0.2, 0.25) is 0 Å². The van der Waals surface area contributed by atoms with Crippen molar-refractivity contribution in [1.82, 2.24) is 9.80 Å². The van der Waals surface area contributed by atoms with Crippen molar-refractivity contribution in [3.8, 4) is 0 Å². The SMILES string of the molecule is NC(=NC(=O)CN1CCCC1)N1CCCC1. The topological polar surface area (TPSA) is 61.9 Å². The van der Waals surface area contributed by atoms with Crippen LogP contribution in [-0.4, -0.2) is 54.4 Å². The van der Waals surface area contributed by atoms with Crippen LogP contribution in [0.4, 0.5) is 0 Å². The predicted octanol–water partition coefficient (Wildman–Crippen LogP) is 0.0193. The Morgan fingerprint density at radius 3 is 2.25 bits per heavy atom. The number of hydrogen-bond donors (Lipinski definition) is 1. The maximum Gasteiger partial charge on any atom is 0.263 e. The van der Waals surface area contributed by atoms with Gasteiger partial charge >= 0.3 is 0 Å². The third-order valence-electron chi connectivity index (χ3n) is 3.23. The van der Waals surface area contributed by atoms with Gasteiger partial charge in [-0.3, -0.25) is 9.69 Å². The lowest BCUT2D eigenvalue weighted by molar-refractivity contribution is -0.118. The van der Waals surface area contributed by atoms with Gasteiger partial charge in [-0.25, -0.2) is 0 Å². The zero-order valence-electron chi connectivity index (χ0n) is 9.69. The number of amides is 1. The molecule has 1 amide bonds. The van der Waals surface area contributed by atoms with Crippen molar-refractivity contribution in [2.24, 2.45) is 10.7 Å². The Morgan fingerprint density at radius 1 is 1.06 bits per heavy atom. The molecule has 0 bridgehead atoms. The minimum absolute atomic E-state index is 0.105. The number of rotatable bonds is 2. The summed E-state index contributed by atoms with van der Waals surface area (Å²) < 4.78 is 0. The van der Waals surface area contributed by atoms with E-state index in [0.717, 1.165) is 39.0 Å². The molecule has 0 spiro atoms. The van der Waals surface area contributed by atoms with Crippen molar-refractivity contribution in [3.63, 3.8) is 0 Å². The van der Waals surface area contributed by atoms with E-state index in [-0.39, 0.29) is 5.91 Å². The zero-order chi connectivity index (χ0) is 11.4. The summed E-state index contributed by atoms with van der Waals surface area (Å²) in [5, 5.41) is 0. The fraction of sp³-hybridized carbons (Fsp3) is 0.818. The Hall–Kier alpha value is -1.10. The first kappa shape index (κ1) is 11.4. The largest absolute Gasteiger partial charge is 0.369 e. The molecule has 2 aliphatic rings. The van der Waals surface area contributed by atoms with E-state index in [1.165, 1.54) is 12.8 Å².